The number of nitro benzene ring substituents is 1. The summed E-state index contributed by atoms with van der Waals surface area (Å²) in [5.41, 5.74) is 1.27. The molecule has 1 saturated heterocycles. The second-order valence-corrected chi connectivity index (χ2v) is 7.71. The second kappa shape index (κ2) is 9.16. The Morgan fingerprint density at radius 1 is 1.23 bits per heavy atom. The summed E-state index contributed by atoms with van der Waals surface area (Å²) in [6, 6.07) is 16.0. The number of halogens is 1. The van der Waals surface area contributed by atoms with Gasteiger partial charge in [0.1, 0.15) is 11.6 Å². The standard InChI is InChI=1S/C22H20ClN5O3/c23-16-9-7-15(8-10-16)20(27-11-3-4-12-27)14-25-22-18(13-24)26-21(31-22)17-5-1-2-6-19(17)28(29)30/h1-2,5-10,20,25H,3-4,11-12,14H2. The van der Waals surface area contributed by atoms with Crippen molar-refractivity contribution in [2.75, 3.05) is 25.0 Å². The molecule has 0 saturated carbocycles. The van der Waals surface area contributed by atoms with E-state index in [1.165, 1.54) is 6.07 Å². The van der Waals surface area contributed by atoms with Crippen LogP contribution in [0.3, 0.4) is 0 Å². The summed E-state index contributed by atoms with van der Waals surface area (Å²) in [4.78, 5) is 17.4. The van der Waals surface area contributed by atoms with E-state index in [-0.39, 0.29) is 34.8 Å². The quantitative estimate of drug-likeness (QED) is 0.408. The van der Waals surface area contributed by atoms with Gasteiger partial charge in [-0.3, -0.25) is 15.0 Å². The molecular formula is C22H20ClN5O3. The van der Waals surface area contributed by atoms with E-state index in [4.69, 9.17) is 16.0 Å². The molecule has 0 aliphatic carbocycles. The number of nitrogens with one attached hydrogen (secondary N) is 1. The summed E-state index contributed by atoms with van der Waals surface area (Å²) in [6.45, 7) is 2.46. The predicted molar refractivity (Wildman–Crippen MR) is 117 cm³/mol. The summed E-state index contributed by atoms with van der Waals surface area (Å²) in [7, 11) is 0. The highest BCUT2D eigenvalue weighted by atomic mass is 35.5. The third-order valence-electron chi connectivity index (χ3n) is 5.36. The van der Waals surface area contributed by atoms with Crippen molar-refractivity contribution < 1.29 is 9.34 Å². The molecule has 8 nitrogen and oxygen atoms in total. The minimum absolute atomic E-state index is 0.0376. The lowest BCUT2D eigenvalue weighted by Crippen LogP contribution is -2.31. The Hall–Kier alpha value is -3.41. The number of benzene rings is 2. The van der Waals surface area contributed by atoms with Crippen LogP contribution in [0.15, 0.2) is 52.9 Å². The molecule has 0 spiro atoms. The van der Waals surface area contributed by atoms with Gasteiger partial charge in [0.05, 0.1) is 11.0 Å². The monoisotopic (exact) mass is 437 g/mol. The largest absolute Gasteiger partial charge is 0.419 e. The van der Waals surface area contributed by atoms with Crippen LogP contribution >= 0.6 is 11.6 Å². The maximum absolute atomic E-state index is 11.3. The summed E-state index contributed by atoms with van der Waals surface area (Å²) >= 11 is 6.05. The molecule has 2 heterocycles. The first kappa shape index (κ1) is 20.8. The molecule has 3 aromatic rings. The summed E-state index contributed by atoms with van der Waals surface area (Å²) in [5, 5.41) is 24.7. The molecule has 31 heavy (non-hydrogen) atoms. The molecule has 2 aromatic carbocycles. The average Bonchev–Trinajstić information content (AvgIpc) is 3.45. The van der Waals surface area contributed by atoms with Gasteiger partial charge in [0.25, 0.3) is 5.69 Å². The number of nitrogens with zero attached hydrogens (tertiary/aromatic N) is 4. The fourth-order valence-electron chi connectivity index (χ4n) is 3.83. The van der Waals surface area contributed by atoms with Gasteiger partial charge in [-0.25, -0.2) is 0 Å². The average molecular weight is 438 g/mol. The predicted octanol–water partition coefficient (Wildman–Crippen LogP) is 5.02. The van der Waals surface area contributed by atoms with Gasteiger partial charge in [-0.2, -0.15) is 10.2 Å². The van der Waals surface area contributed by atoms with Crippen molar-refractivity contribution in [1.29, 1.82) is 5.26 Å². The van der Waals surface area contributed by atoms with E-state index < -0.39 is 4.92 Å². The van der Waals surface area contributed by atoms with Crippen LogP contribution in [0, 0.1) is 21.4 Å². The molecule has 1 aliphatic heterocycles. The molecule has 0 radical (unpaired) electrons. The highest BCUT2D eigenvalue weighted by Crippen LogP contribution is 2.33. The zero-order valence-corrected chi connectivity index (χ0v) is 17.4. The second-order valence-electron chi connectivity index (χ2n) is 7.27. The molecule has 1 fully saturated rings. The van der Waals surface area contributed by atoms with Crippen molar-refractivity contribution >= 4 is 23.2 Å². The van der Waals surface area contributed by atoms with Gasteiger partial charge in [-0.15, -0.1) is 0 Å². The lowest BCUT2D eigenvalue weighted by molar-refractivity contribution is -0.384. The third-order valence-corrected chi connectivity index (χ3v) is 5.61. The minimum Gasteiger partial charge on any atom is -0.419 e. The Kier molecular flexibility index (Phi) is 6.16. The van der Waals surface area contributed by atoms with E-state index >= 15 is 0 Å². The van der Waals surface area contributed by atoms with Crippen LogP contribution < -0.4 is 5.32 Å². The Morgan fingerprint density at radius 2 is 1.94 bits per heavy atom. The molecule has 4 rings (SSSR count). The number of likely N-dealkylation sites (tertiary alicyclic amines) is 1. The van der Waals surface area contributed by atoms with E-state index in [0.29, 0.717) is 11.6 Å². The summed E-state index contributed by atoms with van der Waals surface area (Å²) in [6.07, 6.45) is 2.27. The van der Waals surface area contributed by atoms with Gasteiger partial charge in [0, 0.05) is 17.6 Å². The van der Waals surface area contributed by atoms with Gasteiger partial charge in [0.2, 0.25) is 17.5 Å². The van der Waals surface area contributed by atoms with Crippen LogP contribution in [-0.2, 0) is 0 Å². The number of hydrogen-bond acceptors (Lipinski definition) is 7. The first-order valence-electron chi connectivity index (χ1n) is 9.95. The van der Waals surface area contributed by atoms with Crippen molar-refractivity contribution in [2.45, 2.75) is 18.9 Å². The Balaban J connectivity index is 1.60. The molecule has 1 atom stereocenters. The van der Waals surface area contributed by atoms with Crippen LogP contribution in [0.4, 0.5) is 11.6 Å². The van der Waals surface area contributed by atoms with E-state index in [9.17, 15) is 15.4 Å². The molecule has 1 N–H and O–H groups in total. The van der Waals surface area contributed by atoms with Crippen LogP contribution in [-0.4, -0.2) is 34.4 Å². The van der Waals surface area contributed by atoms with Crippen LogP contribution in [0.25, 0.3) is 11.5 Å². The zero-order valence-electron chi connectivity index (χ0n) is 16.6. The van der Waals surface area contributed by atoms with E-state index in [0.717, 1.165) is 31.5 Å². The Labute approximate surface area is 184 Å². The summed E-state index contributed by atoms with van der Waals surface area (Å²) in [5.74, 6) is 0.240. The Bertz CT molecular complexity index is 1120. The third kappa shape index (κ3) is 4.53. The van der Waals surface area contributed by atoms with Crippen molar-refractivity contribution in [1.82, 2.24) is 9.88 Å². The van der Waals surface area contributed by atoms with Crippen molar-refractivity contribution in [2.24, 2.45) is 0 Å². The molecule has 1 aromatic heterocycles. The zero-order chi connectivity index (χ0) is 21.8. The number of oxazole rings is 1. The SMILES string of the molecule is N#Cc1nc(-c2ccccc2[N+](=O)[O-])oc1NCC(c1ccc(Cl)cc1)N1CCCC1. The maximum Gasteiger partial charge on any atom is 0.282 e. The van der Waals surface area contributed by atoms with Crippen LogP contribution in [0.1, 0.15) is 30.1 Å². The highest BCUT2D eigenvalue weighted by molar-refractivity contribution is 6.30. The molecule has 0 bridgehead atoms. The first-order valence-corrected chi connectivity index (χ1v) is 10.3. The Morgan fingerprint density at radius 3 is 2.61 bits per heavy atom. The minimum atomic E-state index is -0.497. The van der Waals surface area contributed by atoms with Crippen molar-refractivity contribution in [3.63, 3.8) is 0 Å². The van der Waals surface area contributed by atoms with Crippen molar-refractivity contribution in [3.8, 4) is 17.5 Å². The van der Waals surface area contributed by atoms with E-state index in [1.807, 2.05) is 30.3 Å². The van der Waals surface area contributed by atoms with Gasteiger partial charge >= 0.3 is 0 Å². The number of anilines is 1. The molecule has 1 aliphatic rings. The smallest absolute Gasteiger partial charge is 0.282 e. The van der Waals surface area contributed by atoms with Gasteiger partial charge in [-0.05, 0) is 49.7 Å². The number of hydrogen-bond donors (Lipinski definition) is 1. The molecule has 0 amide bonds. The van der Waals surface area contributed by atoms with Crippen LogP contribution in [0.2, 0.25) is 5.02 Å². The van der Waals surface area contributed by atoms with E-state index in [1.54, 1.807) is 18.2 Å². The maximum atomic E-state index is 11.3. The van der Waals surface area contributed by atoms with Crippen molar-refractivity contribution in [3.05, 3.63) is 74.9 Å². The normalized spacial score (nSPS) is 14.8. The topological polar surface area (TPSA) is 108 Å². The molecular weight excluding hydrogens is 418 g/mol. The number of aromatic nitrogens is 1. The summed E-state index contributed by atoms with van der Waals surface area (Å²) < 4.78 is 5.76. The number of nitriles is 1. The molecule has 9 heteroatoms. The van der Waals surface area contributed by atoms with Gasteiger partial charge in [-0.1, -0.05) is 35.9 Å². The van der Waals surface area contributed by atoms with E-state index in [2.05, 4.69) is 15.2 Å². The highest BCUT2D eigenvalue weighted by Gasteiger charge is 2.26. The lowest BCUT2D eigenvalue weighted by atomic mass is 10.1. The number of nitro groups is 1. The molecule has 158 valence electrons. The fraction of sp³-hybridized carbons (Fsp3) is 0.273. The number of para-hydroxylation sites is 1. The fourth-order valence-corrected chi connectivity index (χ4v) is 3.96. The first-order chi connectivity index (χ1) is 15.1. The number of rotatable bonds is 7. The molecule has 1 unspecified atom stereocenters. The lowest BCUT2D eigenvalue weighted by Gasteiger charge is -2.28. The van der Waals surface area contributed by atoms with Gasteiger partial charge in [0.15, 0.2) is 0 Å². The van der Waals surface area contributed by atoms with Gasteiger partial charge < -0.3 is 9.73 Å². The van der Waals surface area contributed by atoms with Crippen LogP contribution in [0.5, 0.6) is 0 Å².